The monoisotopic (exact) mass is 238 g/mol. The zero-order chi connectivity index (χ0) is 9.61. The summed E-state index contributed by atoms with van der Waals surface area (Å²) in [6.45, 7) is 9.10. The minimum Gasteiger partial charge on any atom is -0.464 e. The van der Waals surface area contributed by atoms with Gasteiger partial charge in [0.15, 0.2) is 26.2 Å². The van der Waals surface area contributed by atoms with Crippen LogP contribution in [0.25, 0.3) is 0 Å². The minimum atomic E-state index is -1.26. The van der Waals surface area contributed by atoms with Crippen LogP contribution in [0.2, 0.25) is 25.2 Å². The van der Waals surface area contributed by atoms with Crippen molar-refractivity contribution in [3.63, 3.8) is 0 Å². The molecule has 0 spiro atoms. The minimum absolute atomic E-state index is 0.317. The van der Waals surface area contributed by atoms with Crippen molar-refractivity contribution < 1.29 is 8.23 Å². The molecule has 0 aliphatic heterocycles. The van der Waals surface area contributed by atoms with E-state index in [-0.39, 0.29) is 9.28 Å². The van der Waals surface area contributed by atoms with Gasteiger partial charge in [-0.3, -0.25) is 0 Å². The van der Waals surface area contributed by atoms with Gasteiger partial charge in [0.05, 0.1) is 0 Å². The second-order valence-corrected chi connectivity index (χ2v) is 19.3. The van der Waals surface area contributed by atoms with Gasteiger partial charge >= 0.3 is 0 Å². The molecular formula is C6H22O2Si4. The van der Waals surface area contributed by atoms with Crippen LogP contribution >= 0.6 is 0 Å². The van der Waals surface area contributed by atoms with Crippen molar-refractivity contribution >= 4 is 36.6 Å². The number of hydrogen-bond acceptors (Lipinski definition) is 2. The van der Waals surface area contributed by atoms with E-state index < -0.39 is 16.9 Å². The fraction of sp³-hybridized carbons (Fsp3) is 1.00. The number of hydrogen-bond donors (Lipinski definition) is 0. The fourth-order valence-corrected chi connectivity index (χ4v) is 13.2. The lowest BCUT2D eigenvalue weighted by atomic mass is 11.0. The summed E-state index contributed by atoms with van der Waals surface area (Å²) in [7, 11) is -1.46. The standard InChI is InChI=1S/C6H22O2Si4/c1-5-11(6-2)8-10-12(3,4)7-9/h11H,5-6,10H2,1-4,9H3. The molecule has 6 heteroatoms. The molecule has 0 heterocycles. The quantitative estimate of drug-likeness (QED) is 0.599. The summed E-state index contributed by atoms with van der Waals surface area (Å²) in [4.78, 5) is 0. The van der Waals surface area contributed by atoms with Gasteiger partial charge in [-0.15, -0.1) is 0 Å². The SMILES string of the molecule is CC[SiH](CC)O[SiH2][Si](C)(C)O[SiH3]. The summed E-state index contributed by atoms with van der Waals surface area (Å²) < 4.78 is 11.6. The zero-order valence-corrected chi connectivity index (χ0v) is 14.6. The molecule has 2 nitrogen and oxygen atoms in total. The molecule has 0 radical (unpaired) electrons. The van der Waals surface area contributed by atoms with Gasteiger partial charge in [-0.05, 0) is 25.2 Å². The lowest BCUT2D eigenvalue weighted by Crippen LogP contribution is -2.42. The fourth-order valence-electron chi connectivity index (χ4n) is 0.902. The Labute approximate surface area is 84.2 Å². The molecule has 0 aliphatic rings. The van der Waals surface area contributed by atoms with Crippen molar-refractivity contribution in [2.75, 3.05) is 0 Å². The summed E-state index contributed by atoms with van der Waals surface area (Å²) in [5.41, 5.74) is 0. The molecule has 0 saturated heterocycles. The largest absolute Gasteiger partial charge is 0.464 e. The predicted molar refractivity (Wildman–Crippen MR) is 66.2 cm³/mol. The molecule has 0 amide bonds. The summed E-state index contributed by atoms with van der Waals surface area (Å²) in [6, 6.07) is 2.57. The topological polar surface area (TPSA) is 18.5 Å². The molecule has 0 fully saturated rings. The van der Waals surface area contributed by atoms with Crippen LogP contribution < -0.4 is 0 Å². The predicted octanol–water partition coefficient (Wildman–Crippen LogP) is -0.151. The average Bonchev–Trinajstić information content (AvgIpc) is 2.06. The van der Waals surface area contributed by atoms with Gasteiger partial charge in [0, 0.05) is 0 Å². The molecule has 0 aromatic heterocycles. The van der Waals surface area contributed by atoms with E-state index in [4.69, 9.17) is 8.23 Å². The molecule has 0 saturated carbocycles. The Morgan fingerprint density at radius 1 is 1.33 bits per heavy atom. The molecule has 12 heavy (non-hydrogen) atoms. The maximum absolute atomic E-state index is 6.03. The van der Waals surface area contributed by atoms with E-state index in [0.29, 0.717) is 0 Å². The van der Waals surface area contributed by atoms with Gasteiger partial charge in [-0.2, -0.15) is 0 Å². The molecule has 0 N–H and O–H groups in total. The Morgan fingerprint density at radius 3 is 2.17 bits per heavy atom. The Kier molecular flexibility index (Phi) is 6.68. The van der Waals surface area contributed by atoms with Crippen molar-refractivity contribution in [1.29, 1.82) is 0 Å². The first-order valence-electron chi connectivity index (χ1n) is 4.72. The van der Waals surface area contributed by atoms with Crippen LogP contribution in [0.5, 0.6) is 0 Å². The summed E-state index contributed by atoms with van der Waals surface area (Å²) in [6.07, 6.45) is 0. The van der Waals surface area contributed by atoms with Crippen molar-refractivity contribution in [2.24, 2.45) is 0 Å². The maximum atomic E-state index is 6.03. The normalized spacial score (nSPS) is 13.8. The first-order chi connectivity index (χ1) is 5.55. The van der Waals surface area contributed by atoms with E-state index in [2.05, 4.69) is 26.9 Å². The van der Waals surface area contributed by atoms with Crippen LogP contribution in [0.3, 0.4) is 0 Å². The van der Waals surface area contributed by atoms with Crippen LogP contribution in [0.4, 0.5) is 0 Å². The molecule has 74 valence electrons. The summed E-state index contributed by atoms with van der Waals surface area (Å²) >= 11 is 0. The lowest BCUT2D eigenvalue weighted by molar-refractivity contribution is 0.586. The van der Waals surface area contributed by atoms with Crippen LogP contribution in [0.1, 0.15) is 13.8 Å². The summed E-state index contributed by atoms with van der Waals surface area (Å²) in [5, 5.41) is 0. The van der Waals surface area contributed by atoms with Crippen molar-refractivity contribution in [3.05, 3.63) is 0 Å². The van der Waals surface area contributed by atoms with E-state index in [1.807, 2.05) is 0 Å². The Balaban J connectivity index is 3.65. The molecule has 0 bridgehead atoms. The van der Waals surface area contributed by atoms with Gasteiger partial charge in [0.25, 0.3) is 0 Å². The maximum Gasteiger partial charge on any atom is 0.183 e. The first-order valence-corrected chi connectivity index (χ1v) is 13.5. The molecule has 0 aliphatic carbocycles. The highest BCUT2D eigenvalue weighted by atomic mass is 29.2. The van der Waals surface area contributed by atoms with E-state index in [1.54, 1.807) is 0 Å². The van der Waals surface area contributed by atoms with Crippen LogP contribution in [-0.4, -0.2) is 36.6 Å². The van der Waals surface area contributed by atoms with Crippen LogP contribution in [0, 0.1) is 0 Å². The van der Waals surface area contributed by atoms with E-state index in [9.17, 15) is 0 Å². The van der Waals surface area contributed by atoms with Crippen LogP contribution in [-0.2, 0) is 8.23 Å². The molecule has 0 aromatic rings. The molecule has 0 aromatic carbocycles. The molecule has 0 unspecified atom stereocenters. The van der Waals surface area contributed by atoms with E-state index in [0.717, 1.165) is 10.5 Å². The highest BCUT2D eigenvalue weighted by Crippen LogP contribution is 2.04. The molecule has 0 atom stereocenters. The second-order valence-electron chi connectivity index (χ2n) is 3.71. The average molecular weight is 239 g/mol. The van der Waals surface area contributed by atoms with Gasteiger partial charge in [0.1, 0.15) is 10.5 Å². The zero-order valence-electron chi connectivity index (χ0n) is 9.02. The van der Waals surface area contributed by atoms with Crippen molar-refractivity contribution in [3.8, 4) is 0 Å². The second kappa shape index (κ2) is 6.27. The van der Waals surface area contributed by atoms with Crippen molar-refractivity contribution in [1.82, 2.24) is 0 Å². The van der Waals surface area contributed by atoms with Crippen molar-refractivity contribution in [2.45, 2.75) is 39.0 Å². The van der Waals surface area contributed by atoms with Gasteiger partial charge in [-0.1, -0.05) is 13.8 Å². The van der Waals surface area contributed by atoms with Gasteiger partial charge in [-0.25, -0.2) is 0 Å². The highest BCUT2D eigenvalue weighted by Gasteiger charge is 2.22. The van der Waals surface area contributed by atoms with E-state index in [1.165, 1.54) is 12.1 Å². The molecular weight excluding hydrogens is 216 g/mol. The lowest BCUT2D eigenvalue weighted by Gasteiger charge is -2.23. The van der Waals surface area contributed by atoms with E-state index >= 15 is 0 Å². The third-order valence-electron chi connectivity index (χ3n) is 2.13. The van der Waals surface area contributed by atoms with Crippen LogP contribution in [0.15, 0.2) is 0 Å². The van der Waals surface area contributed by atoms with Gasteiger partial charge < -0.3 is 8.23 Å². The van der Waals surface area contributed by atoms with Gasteiger partial charge in [0.2, 0.25) is 0 Å². The Hall–Kier alpha value is 0.788. The first kappa shape index (κ1) is 12.8. The third-order valence-corrected chi connectivity index (χ3v) is 17.8. The Morgan fingerprint density at radius 2 is 1.83 bits per heavy atom. The summed E-state index contributed by atoms with van der Waals surface area (Å²) in [5.74, 6) is 0. The number of rotatable bonds is 6. The highest BCUT2D eigenvalue weighted by molar-refractivity contribution is 7.19. The molecule has 0 rings (SSSR count). The third kappa shape index (κ3) is 5.44. The smallest absolute Gasteiger partial charge is 0.183 e. The Bertz CT molecular complexity index is 116.